The van der Waals surface area contributed by atoms with Crippen LogP contribution in [0.5, 0.6) is 5.75 Å². The van der Waals surface area contributed by atoms with Gasteiger partial charge in [0.25, 0.3) is 5.91 Å². The summed E-state index contributed by atoms with van der Waals surface area (Å²) in [7, 11) is -3.64. The first-order valence-electron chi connectivity index (χ1n) is 9.77. The highest BCUT2D eigenvalue weighted by atomic mass is 32.2. The number of rotatable bonds is 6. The fourth-order valence-electron chi connectivity index (χ4n) is 3.61. The minimum absolute atomic E-state index is 0.0721. The maximum atomic E-state index is 12.6. The maximum Gasteiger partial charge on any atom is 0.251 e. The molecule has 0 aliphatic carbocycles. The van der Waals surface area contributed by atoms with Crippen LogP contribution in [0.4, 0.5) is 0 Å². The first-order valence-corrected chi connectivity index (χ1v) is 11.3. The highest BCUT2D eigenvalue weighted by Crippen LogP contribution is 2.31. The van der Waals surface area contributed by atoms with E-state index in [9.17, 15) is 13.2 Å². The molecule has 154 valence electrons. The van der Waals surface area contributed by atoms with Gasteiger partial charge in [-0.25, -0.2) is 13.1 Å². The van der Waals surface area contributed by atoms with Gasteiger partial charge in [-0.1, -0.05) is 18.2 Å². The summed E-state index contributed by atoms with van der Waals surface area (Å²) >= 11 is 0. The van der Waals surface area contributed by atoms with E-state index >= 15 is 0 Å². The average Bonchev–Trinajstić information content (AvgIpc) is 3.26. The number of carbonyl (C=O) groups is 1. The Bertz CT molecular complexity index is 969. The molecule has 0 unspecified atom stereocenters. The molecular formula is C21H24N2O5S. The van der Waals surface area contributed by atoms with Crippen LogP contribution in [0.15, 0.2) is 53.4 Å². The minimum Gasteiger partial charge on any atom is -0.493 e. The van der Waals surface area contributed by atoms with Gasteiger partial charge >= 0.3 is 0 Å². The van der Waals surface area contributed by atoms with Crippen molar-refractivity contribution >= 4 is 15.9 Å². The third kappa shape index (κ3) is 4.60. The largest absolute Gasteiger partial charge is 0.493 e. The van der Waals surface area contributed by atoms with Crippen molar-refractivity contribution in [3.8, 4) is 5.75 Å². The summed E-state index contributed by atoms with van der Waals surface area (Å²) in [5.41, 5.74) is 1.36. The standard InChI is InChI=1S/C21H24N2O5S/c24-21(23-19-11-13-28-20-6-2-1-5-18(19)20)15-7-9-17(10-8-15)29(25,26)22-14-16-4-3-12-27-16/h1-2,5-10,16,19,22H,3-4,11-14H2,(H,23,24)/t16-,19-/m1/s1. The van der Waals surface area contributed by atoms with Gasteiger partial charge in [0.1, 0.15) is 5.75 Å². The van der Waals surface area contributed by atoms with Crippen molar-refractivity contribution in [3.63, 3.8) is 0 Å². The predicted octanol–water partition coefficient (Wildman–Crippen LogP) is 2.40. The van der Waals surface area contributed by atoms with Gasteiger partial charge in [-0.05, 0) is 43.2 Å². The van der Waals surface area contributed by atoms with Crippen LogP contribution in [-0.4, -0.2) is 40.2 Å². The van der Waals surface area contributed by atoms with E-state index in [1.54, 1.807) is 0 Å². The molecule has 4 rings (SSSR count). The number of carbonyl (C=O) groups excluding carboxylic acids is 1. The molecule has 1 fully saturated rings. The number of hydrogen-bond acceptors (Lipinski definition) is 5. The number of para-hydroxylation sites is 1. The molecule has 1 amide bonds. The third-order valence-corrected chi connectivity index (χ3v) is 6.66. The Kier molecular flexibility index (Phi) is 5.84. The minimum atomic E-state index is -3.64. The van der Waals surface area contributed by atoms with Gasteiger partial charge in [0.05, 0.1) is 23.6 Å². The number of sulfonamides is 1. The van der Waals surface area contributed by atoms with E-state index in [-0.39, 0.29) is 29.5 Å². The molecule has 0 bridgehead atoms. The normalized spacial score (nSPS) is 21.2. The van der Waals surface area contributed by atoms with E-state index < -0.39 is 10.0 Å². The summed E-state index contributed by atoms with van der Waals surface area (Å²) in [6, 6.07) is 13.5. The molecule has 2 aromatic carbocycles. The SMILES string of the molecule is O=C(N[C@@H]1CCOc2ccccc21)c1ccc(S(=O)(=O)NC[C@H]2CCCO2)cc1. The van der Waals surface area contributed by atoms with Crippen LogP contribution >= 0.6 is 0 Å². The molecule has 2 aliphatic heterocycles. The molecule has 29 heavy (non-hydrogen) atoms. The smallest absolute Gasteiger partial charge is 0.251 e. The summed E-state index contributed by atoms with van der Waals surface area (Å²) in [4.78, 5) is 12.8. The van der Waals surface area contributed by atoms with Crippen molar-refractivity contribution in [2.75, 3.05) is 19.8 Å². The molecule has 2 aliphatic rings. The van der Waals surface area contributed by atoms with Crippen LogP contribution in [-0.2, 0) is 14.8 Å². The van der Waals surface area contributed by atoms with Crippen molar-refractivity contribution in [2.24, 2.45) is 0 Å². The van der Waals surface area contributed by atoms with Gasteiger partial charge in [0.15, 0.2) is 0 Å². The molecule has 2 heterocycles. The Morgan fingerprint density at radius 1 is 1.03 bits per heavy atom. The predicted molar refractivity (Wildman–Crippen MR) is 107 cm³/mol. The van der Waals surface area contributed by atoms with Crippen LogP contribution in [0.25, 0.3) is 0 Å². The van der Waals surface area contributed by atoms with E-state index in [2.05, 4.69) is 10.0 Å². The zero-order chi connectivity index (χ0) is 20.3. The van der Waals surface area contributed by atoms with Crippen LogP contribution in [0, 0.1) is 0 Å². The number of nitrogens with one attached hydrogen (secondary N) is 2. The summed E-state index contributed by atoms with van der Waals surface area (Å²) in [5.74, 6) is 0.533. The molecule has 2 atom stereocenters. The molecule has 2 N–H and O–H groups in total. The fraction of sp³-hybridized carbons (Fsp3) is 0.381. The van der Waals surface area contributed by atoms with Gasteiger partial charge in [-0.2, -0.15) is 0 Å². The highest BCUT2D eigenvalue weighted by molar-refractivity contribution is 7.89. The zero-order valence-electron chi connectivity index (χ0n) is 16.0. The van der Waals surface area contributed by atoms with Crippen LogP contribution in [0.1, 0.15) is 41.2 Å². The second-order valence-electron chi connectivity index (χ2n) is 7.21. The van der Waals surface area contributed by atoms with Gasteiger partial charge in [0.2, 0.25) is 10.0 Å². The van der Waals surface area contributed by atoms with E-state index in [0.29, 0.717) is 25.2 Å². The monoisotopic (exact) mass is 416 g/mol. The number of benzene rings is 2. The van der Waals surface area contributed by atoms with Gasteiger partial charge < -0.3 is 14.8 Å². The van der Waals surface area contributed by atoms with Crippen LogP contribution in [0.2, 0.25) is 0 Å². The number of hydrogen-bond donors (Lipinski definition) is 2. The number of ether oxygens (including phenoxy) is 2. The Morgan fingerprint density at radius 2 is 1.83 bits per heavy atom. The Labute approximate surface area is 170 Å². The Morgan fingerprint density at radius 3 is 2.59 bits per heavy atom. The average molecular weight is 416 g/mol. The number of fused-ring (bicyclic) bond motifs is 1. The highest BCUT2D eigenvalue weighted by Gasteiger charge is 2.24. The number of amides is 1. The van der Waals surface area contributed by atoms with Crippen molar-refractivity contribution in [1.29, 1.82) is 0 Å². The first kappa shape index (κ1) is 19.9. The zero-order valence-corrected chi connectivity index (χ0v) is 16.8. The molecule has 0 saturated carbocycles. The third-order valence-electron chi connectivity index (χ3n) is 5.22. The second-order valence-corrected chi connectivity index (χ2v) is 8.98. The van der Waals surface area contributed by atoms with Crippen LogP contribution < -0.4 is 14.8 Å². The summed E-state index contributed by atoms with van der Waals surface area (Å²) in [6.07, 6.45) is 2.42. The molecule has 0 spiro atoms. The van der Waals surface area contributed by atoms with Gasteiger partial charge in [-0.15, -0.1) is 0 Å². The summed E-state index contributed by atoms with van der Waals surface area (Å²) in [5, 5.41) is 3.01. The van der Waals surface area contributed by atoms with Gasteiger partial charge in [0, 0.05) is 30.7 Å². The van der Waals surface area contributed by atoms with Crippen molar-refractivity contribution in [3.05, 3.63) is 59.7 Å². The maximum absolute atomic E-state index is 12.6. The molecule has 2 aromatic rings. The molecular weight excluding hydrogens is 392 g/mol. The Balaban J connectivity index is 1.40. The van der Waals surface area contributed by atoms with Crippen LogP contribution in [0.3, 0.4) is 0 Å². The van der Waals surface area contributed by atoms with E-state index in [4.69, 9.17) is 9.47 Å². The molecule has 0 aromatic heterocycles. The summed E-state index contributed by atoms with van der Waals surface area (Å²) < 4.78 is 38.5. The van der Waals surface area contributed by atoms with Gasteiger partial charge in [-0.3, -0.25) is 4.79 Å². The molecule has 8 heteroatoms. The Hall–Kier alpha value is -2.42. The van der Waals surface area contributed by atoms with E-state index in [1.807, 2.05) is 24.3 Å². The lowest BCUT2D eigenvalue weighted by atomic mass is 10.00. The van der Waals surface area contributed by atoms with E-state index in [1.165, 1.54) is 24.3 Å². The molecule has 7 nitrogen and oxygen atoms in total. The quantitative estimate of drug-likeness (QED) is 0.754. The lowest BCUT2D eigenvalue weighted by Gasteiger charge is -2.26. The molecule has 1 saturated heterocycles. The lowest BCUT2D eigenvalue weighted by molar-refractivity contribution is 0.0924. The van der Waals surface area contributed by atoms with Crippen molar-refractivity contribution < 1.29 is 22.7 Å². The van der Waals surface area contributed by atoms with Crippen molar-refractivity contribution in [1.82, 2.24) is 10.0 Å². The fourth-order valence-corrected chi connectivity index (χ4v) is 4.68. The molecule has 0 radical (unpaired) electrons. The van der Waals surface area contributed by atoms with E-state index in [0.717, 1.165) is 24.2 Å². The summed E-state index contributed by atoms with van der Waals surface area (Å²) in [6.45, 7) is 1.47. The lowest BCUT2D eigenvalue weighted by Crippen LogP contribution is -2.32. The topological polar surface area (TPSA) is 93.7 Å². The van der Waals surface area contributed by atoms with Crippen molar-refractivity contribution in [2.45, 2.75) is 36.3 Å². The first-order chi connectivity index (χ1) is 14.0. The second kappa shape index (κ2) is 8.52.